The molecule has 0 heterocycles. The summed E-state index contributed by atoms with van der Waals surface area (Å²) in [6.07, 6.45) is 0. The van der Waals surface area contributed by atoms with Crippen molar-refractivity contribution in [2.24, 2.45) is 0 Å². The van der Waals surface area contributed by atoms with E-state index >= 15 is 0 Å². The van der Waals surface area contributed by atoms with Crippen molar-refractivity contribution < 1.29 is 18.7 Å². The van der Waals surface area contributed by atoms with Crippen LogP contribution in [0.3, 0.4) is 0 Å². The molecule has 0 aromatic heterocycles. The van der Waals surface area contributed by atoms with Gasteiger partial charge in [-0.15, -0.1) is 0 Å². The molecule has 5 heteroatoms. The number of carbonyl (C=O) groups excluding carboxylic acids is 1. The topological polar surface area (TPSA) is 47.6 Å². The van der Waals surface area contributed by atoms with Crippen molar-refractivity contribution >= 4 is 11.6 Å². The Morgan fingerprint density at radius 2 is 1.82 bits per heavy atom. The van der Waals surface area contributed by atoms with Crippen LogP contribution in [0.15, 0.2) is 48.5 Å². The van der Waals surface area contributed by atoms with Crippen molar-refractivity contribution in [3.8, 4) is 5.75 Å². The van der Waals surface area contributed by atoms with Gasteiger partial charge in [-0.05, 0) is 43.3 Å². The molecule has 2 aromatic rings. The van der Waals surface area contributed by atoms with Crippen LogP contribution in [0.1, 0.15) is 17.3 Å². The van der Waals surface area contributed by atoms with Gasteiger partial charge in [-0.1, -0.05) is 12.1 Å². The monoisotopic (exact) mass is 303 g/mol. The van der Waals surface area contributed by atoms with E-state index < -0.39 is 11.7 Å². The molecule has 0 aliphatic carbocycles. The van der Waals surface area contributed by atoms with Gasteiger partial charge < -0.3 is 14.8 Å². The third-order valence-electron chi connectivity index (χ3n) is 2.93. The SMILES string of the molecule is CCOCCOc1ccc(NC(=O)c2ccccc2F)cc1. The van der Waals surface area contributed by atoms with Crippen molar-refractivity contribution in [2.45, 2.75) is 6.92 Å². The van der Waals surface area contributed by atoms with Crippen LogP contribution in [0.4, 0.5) is 10.1 Å². The zero-order valence-electron chi connectivity index (χ0n) is 12.3. The van der Waals surface area contributed by atoms with Gasteiger partial charge in [0.05, 0.1) is 12.2 Å². The van der Waals surface area contributed by atoms with Gasteiger partial charge in [0, 0.05) is 12.3 Å². The molecule has 0 bridgehead atoms. The van der Waals surface area contributed by atoms with Crippen LogP contribution in [-0.4, -0.2) is 25.7 Å². The number of hydrogen-bond acceptors (Lipinski definition) is 3. The summed E-state index contributed by atoms with van der Waals surface area (Å²) < 4.78 is 24.2. The fourth-order valence-electron chi connectivity index (χ4n) is 1.84. The van der Waals surface area contributed by atoms with Gasteiger partial charge in [-0.25, -0.2) is 4.39 Å². The van der Waals surface area contributed by atoms with Gasteiger partial charge in [-0.3, -0.25) is 4.79 Å². The maximum atomic E-state index is 13.5. The summed E-state index contributed by atoms with van der Waals surface area (Å²) in [6, 6.07) is 12.7. The molecule has 0 aliphatic rings. The molecule has 0 fully saturated rings. The lowest BCUT2D eigenvalue weighted by Gasteiger charge is -2.09. The third-order valence-corrected chi connectivity index (χ3v) is 2.93. The number of nitrogens with one attached hydrogen (secondary N) is 1. The zero-order valence-corrected chi connectivity index (χ0v) is 12.3. The molecular formula is C17H18FNO3. The number of amides is 1. The van der Waals surface area contributed by atoms with Crippen LogP contribution in [0, 0.1) is 5.82 Å². The fourth-order valence-corrected chi connectivity index (χ4v) is 1.84. The summed E-state index contributed by atoms with van der Waals surface area (Å²) in [7, 11) is 0. The summed E-state index contributed by atoms with van der Waals surface area (Å²) in [4.78, 5) is 12.0. The summed E-state index contributed by atoms with van der Waals surface area (Å²) in [5.41, 5.74) is 0.588. The molecule has 4 nitrogen and oxygen atoms in total. The molecule has 0 saturated carbocycles. The smallest absolute Gasteiger partial charge is 0.258 e. The number of carbonyl (C=O) groups is 1. The predicted molar refractivity (Wildman–Crippen MR) is 82.8 cm³/mol. The van der Waals surface area contributed by atoms with E-state index in [0.29, 0.717) is 31.3 Å². The Balaban J connectivity index is 1.91. The lowest BCUT2D eigenvalue weighted by molar-refractivity contribution is 0.102. The van der Waals surface area contributed by atoms with E-state index in [1.54, 1.807) is 36.4 Å². The Kier molecular flexibility index (Phi) is 5.91. The highest BCUT2D eigenvalue weighted by molar-refractivity contribution is 6.04. The Labute approximate surface area is 128 Å². The average Bonchev–Trinajstić information content (AvgIpc) is 2.53. The maximum absolute atomic E-state index is 13.5. The normalized spacial score (nSPS) is 10.3. The van der Waals surface area contributed by atoms with Crippen LogP contribution in [0.25, 0.3) is 0 Å². The van der Waals surface area contributed by atoms with Crippen LogP contribution >= 0.6 is 0 Å². The zero-order chi connectivity index (χ0) is 15.8. The van der Waals surface area contributed by atoms with Crippen LogP contribution in [0.2, 0.25) is 0 Å². The molecule has 0 unspecified atom stereocenters. The molecule has 0 aliphatic heterocycles. The van der Waals surface area contributed by atoms with E-state index in [-0.39, 0.29) is 5.56 Å². The highest BCUT2D eigenvalue weighted by Gasteiger charge is 2.10. The van der Waals surface area contributed by atoms with Crippen molar-refractivity contribution in [1.82, 2.24) is 0 Å². The molecule has 22 heavy (non-hydrogen) atoms. The first kappa shape index (κ1) is 16.0. The molecule has 0 spiro atoms. The third kappa shape index (κ3) is 4.56. The number of benzene rings is 2. The lowest BCUT2D eigenvalue weighted by atomic mass is 10.2. The summed E-state index contributed by atoms with van der Waals surface area (Å²) in [5.74, 6) is -0.345. The quantitative estimate of drug-likeness (QED) is 0.796. The van der Waals surface area contributed by atoms with Gasteiger partial charge in [0.2, 0.25) is 0 Å². The van der Waals surface area contributed by atoms with Gasteiger partial charge in [0.15, 0.2) is 0 Å². The molecular weight excluding hydrogens is 285 g/mol. The van der Waals surface area contributed by atoms with E-state index in [4.69, 9.17) is 9.47 Å². The second-order valence-corrected chi connectivity index (χ2v) is 4.50. The first-order chi connectivity index (χ1) is 10.7. The van der Waals surface area contributed by atoms with Gasteiger partial charge in [0.25, 0.3) is 5.91 Å². The maximum Gasteiger partial charge on any atom is 0.258 e. The second-order valence-electron chi connectivity index (χ2n) is 4.50. The molecule has 1 N–H and O–H groups in total. The Hall–Kier alpha value is -2.40. The average molecular weight is 303 g/mol. The van der Waals surface area contributed by atoms with Crippen LogP contribution in [0.5, 0.6) is 5.75 Å². The second kappa shape index (κ2) is 8.14. The number of hydrogen-bond donors (Lipinski definition) is 1. The number of ether oxygens (including phenoxy) is 2. The van der Waals surface area contributed by atoms with Gasteiger partial charge in [0.1, 0.15) is 18.2 Å². The molecule has 0 radical (unpaired) electrons. The Morgan fingerprint density at radius 3 is 2.50 bits per heavy atom. The lowest BCUT2D eigenvalue weighted by Crippen LogP contribution is -2.13. The standard InChI is InChI=1S/C17H18FNO3/c1-2-21-11-12-22-14-9-7-13(8-10-14)19-17(20)15-5-3-4-6-16(15)18/h3-10H,2,11-12H2,1H3,(H,19,20). The van der Waals surface area contributed by atoms with Crippen LogP contribution in [-0.2, 0) is 4.74 Å². The number of anilines is 1. The minimum Gasteiger partial charge on any atom is -0.491 e. The Morgan fingerprint density at radius 1 is 1.09 bits per heavy atom. The highest BCUT2D eigenvalue weighted by atomic mass is 19.1. The predicted octanol–water partition coefficient (Wildman–Crippen LogP) is 3.49. The van der Waals surface area contributed by atoms with E-state index in [1.165, 1.54) is 12.1 Å². The molecule has 116 valence electrons. The van der Waals surface area contributed by atoms with Crippen molar-refractivity contribution in [2.75, 3.05) is 25.1 Å². The van der Waals surface area contributed by atoms with Gasteiger partial charge >= 0.3 is 0 Å². The molecule has 2 aromatic carbocycles. The van der Waals surface area contributed by atoms with E-state index in [0.717, 1.165) is 0 Å². The van der Waals surface area contributed by atoms with Crippen LogP contribution < -0.4 is 10.1 Å². The number of halogens is 1. The summed E-state index contributed by atoms with van der Waals surface area (Å²) >= 11 is 0. The summed E-state index contributed by atoms with van der Waals surface area (Å²) in [5, 5.41) is 2.64. The van der Waals surface area contributed by atoms with Crippen molar-refractivity contribution in [3.63, 3.8) is 0 Å². The van der Waals surface area contributed by atoms with E-state index in [1.807, 2.05) is 6.92 Å². The fraction of sp³-hybridized carbons (Fsp3) is 0.235. The minimum atomic E-state index is -0.545. The number of rotatable bonds is 7. The molecule has 0 atom stereocenters. The molecule has 1 amide bonds. The first-order valence-corrected chi connectivity index (χ1v) is 7.07. The van der Waals surface area contributed by atoms with E-state index in [2.05, 4.69) is 5.32 Å². The first-order valence-electron chi connectivity index (χ1n) is 7.07. The van der Waals surface area contributed by atoms with Crippen molar-refractivity contribution in [1.29, 1.82) is 0 Å². The van der Waals surface area contributed by atoms with Gasteiger partial charge in [-0.2, -0.15) is 0 Å². The van der Waals surface area contributed by atoms with Crippen molar-refractivity contribution in [3.05, 3.63) is 59.9 Å². The highest BCUT2D eigenvalue weighted by Crippen LogP contribution is 2.17. The summed E-state index contributed by atoms with van der Waals surface area (Å²) in [6.45, 7) is 3.58. The molecule has 0 saturated heterocycles. The molecule has 2 rings (SSSR count). The minimum absolute atomic E-state index is 0.0135. The Bertz CT molecular complexity index is 614. The van der Waals surface area contributed by atoms with E-state index in [9.17, 15) is 9.18 Å². The largest absolute Gasteiger partial charge is 0.491 e.